The van der Waals surface area contributed by atoms with Crippen molar-refractivity contribution in [1.29, 1.82) is 0 Å². The van der Waals surface area contributed by atoms with Crippen LogP contribution in [-0.4, -0.2) is 21.2 Å². The number of hydrogen-bond acceptors (Lipinski definition) is 5. The Balaban J connectivity index is 2.09. The molecule has 0 aliphatic heterocycles. The van der Waals surface area contributed by atoms with E-state index in [1.165, 1.54) is 6.08 Å². The lowest BCUT2D eigenvalue weighted by molar-refractivity contribution is -0.131. The predicted octanol–water partition coefficient (Wildman–Crippen LogP) is 2.05. The van der Waals surface area contributed by atoms with Gasteiger partial charge in [0.2, 0.25) is 0 Å². The first kappa shape index (κ1) is 12.8. The van der Waals surface area contributed by atoms with Gasteiger partial charge in [-0.2, -0.15) is 4.98 Å². The highest BCUT2D eigenvalue weighted by Crippen LogP contribution is 2.20. The molecule has 0 aliphatic rings. The Labute approximate surface area is 109 Å². The number of para-hydroxylation sites is 1. The van der Waals surface area contributed by atoms with Crippen LogP contribution in [0.4, 0.5) is 0 Å². The van der Waals surface area contributed by atoms with E-state index in [9.17, 15) is 4.79 Å². The number of benzene rings is 1. The van der Waals surface area contributed by atoms with E-state index in [1.54, 1.807) is 31.2 Å². The van der Waals surface area contributed by atoms with Crippen molar-refractivity contribution in [3.63, 3.8) is 0 Å². The fourth-order valence-corrected chi connectivity index (χ4v) is 1.45. The van der Waals surface area contributed by atoms with E-state index in [2.05, 4.69) is 10.1 Å². The van der Waals surface area contributed by atoms with Crippen molar-refractivity contribution < 1.29 is 19.2 Å². The molecular formula is C13H12N2O4. The fraction of sp³-hybridized carbons (Fsp3) is 0.154. The van der Waals surface area contributed by atoms with Crippen molar-refractivity contribution in [1.82, 2.24) is 10.1 Å². The lowest BCUT2D eigenvalue weighted by atomic mass is 10.2. The van der Waals surface area contributed by atoms with E-state index in [1.807, 2.05) is 0 Å². The first-order valence-corrected chi connectivity index (χ1v) is 5.57. The summed E-state index contributed by atoms with van der Waals surface area (Å²) < 4.78 is 10.5. The van der Waals surface area contributed by atoms with Crippen LogP contribution in [-0.2, 0) is 11.4 Å². The van der Waals surface area contributed by atoms with Crippen LogP contribution in [0.15, 0.2) is 34.9 Å². The Morgan fingerprint density at radius 1 is 1.47 bits per heavy atom. The van der Waals surface area contributed by atoms with Gasteiger partial charge in [-0.25, -0.2) is 4.79 Å². The van der Waals surface area contributed by atoms with Gasteiger partial charge in [-0.15, -0.1) is 0 Å². The monoisotopic (exact) mass is 260 g/mol. The largest absolute Gasteiger partial charge is 0.483 e. The SMILES string of the molecule is Cc1noc(COc2ccccc2/C=C/C(=O)O)n1. The van der Waals surface area contributed by atoms with Gasteiger partial charge in [-0.05, 0) is 19.1 Å². The van der Waals surface area contributed by atoms with Gasteiger partial charge in [0, 0.05) is 11.6 Å². The Morgan fingerprint density at radius 3 is 2.95 bits per heavy atom. The van der Waals surface area contributed by atoms with Crippen LogP contribution < -0.4 is 4.74 Å². The van der Waals surface area contributed by atoms with Crippen LogP contribution in [0, 0.1) is 6.92 Å². The van der Waals surface area contributed by atoms with Gasteiger partial charge in [0.15, 0.2) is 12.4 Å². The van der Waals surface area contributed by atoms with E-state index in [0.717, 1.165) is 6.08 Å². The van der Waals surface area contributed by atoms with Crippen molar-refractivity contribution >= 4 is 12.0 Å². The summed E-state index contributed by atoms with van der Waals surface area (Å²) >= 11 is 0. The van der Waals surface area contributed by atoms with Gasteiger partial charge >= 0.3 is 5.97 Å². The third kappa shape index (κ3) is 3.67. The van der Waals surface area contributed by atoms with Gasteiger partial charge in [0.1, 0.15) is 5.75 Å². The lowest BCUT2D eigenvalue weighted by Crippen LogP contribution is -1.97. The van der Waals surface area contributed by atoms with E-state index in [4.69, 9.17) is 14.4 Å². The molecule has 6 heteroatoms. The average molecular weight is 260 g/mol. The van der Waals surface area contributed by atoms with Crippen molar-refractivity contribution in [2.45, 2.75) is 13.5 Å². The molecule has 19 heavy (non-hydrogen) atoms. The number of carbonyl (C=O) groups is 1. The molecule has 0 fully saturated rings. The molecule has 1 heterocycles. The minimum absolute atomic E-state index is 0.138. The zero-order valence-electron chi connectivity index (χ0n) is 10.2. The highest BCUT2D eigenvalue weighted by molar-refractivity contribution is 5.85. The number of aromatic nitrogens is 2. The molecule has 6 nitrogen and oxygen atoms in total. The van der Waals surface area contributed by atoms with Gasteiger partial charge in [0.05, 0.1) is 0 Å². The molecule has 0 unspecified atom stereocenters. The zero-order valence-corrected chi connectivity index (χ0v) is 10.2. The summed E-state index contributed by atoms with van der Waals surface area (Å²) in [6.07, 6.45) is 2.52. The maximum absolute atomic E-state index is 10.5. The van der Waals surface area contributed by atoms with Crippen LogP contribution >= 0.6 is 0 Å². The van der Waals surface area contributed by atoms with E-state index in [-0.39, 0.29) is 6.61 Å². The summed E-state index contributed by atoms with van der Waals surface area (Å²) in [4.78, 5) is 14.5. The second kappa shape index (κ2) is 5.81. The first-order valence-electron chi connectivity index (χ1n) is 5.57. The van der Waals surface area contributed by atoms with E-state index < -0.39 is 5.97 Å². The highest BCUT2D eigenvalue weighted by Gasteiger charge is 2.05. The number of rotatable bonds is 5. The molecule has 1 N–H and O–H groups in total. The van der Waals surface area contributed by atoms with Crippen LogP contribution in [0.5, 0.6) is 5.75 Å². The Bertz CT molecular complexity index is 604. The Morgan fingerprint density at radius 2 is 2.26 bits per heavy atom. The molecular weight excluding hydrogens is 248 g/mol. The van der Waals surface area contributed by atoms with Crippen LogP contribution in [0.1, 0.15) is 17.3 Å². The molecule has 98 valence electrons. The molecule has 0 bridgehead atoms. The topological polar surface area (TPSA) is 85.5 Å². The third-order valence-corrected chi connectivity index (χ3v) is 2.25. The molecule has 0 radical (unpaired) electrons. The average Bonchev–Trinajstić information content (AvgIpc) is 2.80. The quantitative estimate of drug-likeness (QED) is 0.828. The lowest BCUT2D eigenvalue weighted by Gasteiger charge is -2.06. The summed E-state index contributed by atoms with van der Waals surface area (Å²) in [7, 11) is 0. The predicted molar refractivity (Wildman–Crippen MR) is 66.5 cm³/mol. The standard InChI is InChI=1S/C13H12N2O4/c1-9-14-12(19-15-9)8-18-11-5-3-2-4-10(11)6-7-13(16)17/h2-7H,8H2,1H3,(H,16,17)/b7-6+. The van der Waals surface area contributed by atoms with Crippen LogP contribution in [0.25, 0.3) is 6.08 Å². The van der Waals surface area contributed by atoms with E-state index in [0.29, 0.717) is 23.0 Å². The molecule has 0 saturated carbocycles. The minimum atomic E-state index is -1.01. The minimum Gasteiger partial charge on any atom is -0.483 e. The van der Waals surface area contributed by atoms with Crippen molar-refractivity contribution in [2.75, 3.05) is 0 Å². The number of carboxylic acids is 1. The molecule has 0 spiro atoms. The van der Waals surface area contributed by atoms with Crippen LogP contribution in [0.3, 0.4) is 0 Å². The number of nitrogens with zero attached hydrogens (tertiary/aromatic N) is 2. The van der Waals surface area contributed by atoms with Crippen molar-refractivity contribution in [3.8, 4) is 5.75 Å². The summed E-state index contributed by atoms with van der Waals surface area (Å²) in [5, 5.41) is 12.3. The molecule has 0 saturated heterocycles. The highest BCUT2D eigenvalue weighted by atomic mass is 16.5. The summed E-state index contributed by atoms with van der Waals surface area (Å²) in [5.41, 5.74) is 0.668. The van der Waals surface area contributed by atoms with Crippen molar-refractivity contribution in [3.05, 3.63) is 47.6 Å². The molecule has 2 aromatic rings. The Kier molecular flexibility index (Phi) is 3.92. The normalized spacial score (nSPS) is 10.8. The number of hydrogen-bond donors (Lipinski definition) is 1. The number of aliphatic carboxylic acids is 1. The Hall–Kier alpha value is -2.63. The second-order valence-corrected chi connectivity index (χ2v) is 3.73. The maximum Gasteiger partial charge on any atom is 0.328 e. The summed E-state index contributed by atoms with van der Waals surface area (Å²) in [5.74, 6) is 0.449. The number of carboxylic acid groups (broad SMARTS) is 1. The van der Waals surface area contributed by atoms with Gasteiger partial charge in [-0.3, -0.25) is 0 Å². The molecule has 0 aliphatic carbocycles. The smallest absolute Gasteiger partial charge is 0.328 e. The van der Waals surface area contributed by atoms with Crippen molar-refractivity contribution in [2.24, 2.45) is 0 Å². The molecule has 0 atom stereocenters. The third-order valence-electron chi connectivity index (χ3n) is 2.25. The molecule has 1 aromatic heterocycles. The van der Waals surface area contributed by atoms with Gasteiger partial charge < -0.3 is 14.4 Å². The molecule has 1 aromatic carbocycles. The van der Waals surface area contributed by atoms with Gasteiger partial charge in [-0.1, -0.05) is 23.4 Å². The van der Waals surface area contributed by atoms with E-state index >= 15 is 0 Å². The summed E-state index contributed by atoms with van der Waals surface area (Å²) in [6.45, 7) is 1.86. The maximum atomic E-state index is 10.5. The molecule has 0 amide bonds. The molecule has 2 rings (SSSR count). The fourth-order valence-electron chi connectivity index (χ4n) is 1.45. The van der Waals surface area contributed by atoms with Crippen LogP contribution in [0.2, 0.25) is 0 Å². The number of ether oxygens (including phenoxy) is 1. The number of aryl methyl sites for hydroxylation is 1. The second-order valence-electron chi connectivity index (χ2n) is 3.73. The zero-order chi connectivity index (χ0) is 13.7. The van der Waals surface area contributed by atoms with Gasteiger partial charge in [0.25, 0.3) is 5.89 Å². The first-order chi connectivity index (χ1) is 9.15. The summed E-state index contributed by atoms with van der Waals surface area (Å²) in [6, 6.07) is 7.09.